The smallest absolute Gasteiger partial charge is 0.423 e. The van der Waals surface area contributed by atoms with Gasteiger partial charge in [0, 0.05) is 94.2 Å². The summed E-state index contributed by atoms with van der Waals surface area (Å²) in [6.45, 7) is 0. The summed E-state index contributed by atoms with van der Waals surface area (Å²) >= 11 is 7.00. The maximum absolute atomic E-state index is 9.52. The Morgan fingerprint density at radius 2 is 0.414 bits per heavy atom. The Bertz CT molecular complexity index is 7750. The molecule has 0 aliphatic rings. The molecule has 24 rings (SSSR count). The van der Waals surface area contributed by atoms with Gasteiger partial charge in [0.25, 0.3) is 0 Å². The highest BCUT2D eigenvalue weighted by molar-refractivity contribution is 9.10. The highest BCUT2D eigenvalue weighted by Crippen LogP contribution is 2.43. The van der Waals surface area contributed by atoms with Crippen LogP contribution in [-0.4, -0.2) is 49.6 Å². The molecule has 0 amide bonds. The van der Waals surface area contributed by atoms with Crippen molar-refractivity contribution in [3.63, 3.8) is 0 Å². The topological polar surface area (TPSA) is 89.9 Å². The fraction of sp³-hybridized carbons (Fsp3) is 0. The van der Waals surface area contributed by atoms with E-state index in [1.54, 1.807) is 12.1 Å². The number of nitrogens with zero attached hydrogens (tertiary/aromatic N) is 7. The van der Waals surface area contributed by atoms with Crippen molar-refractivity contribution in [2.75, 3.05) is 0 Å². The van der Waals surface area contributed by atoms with Gasteiger partial charge in [-0.1, -0.05) is 323 Å². The Hall–Kier alpha value is -15.5. The minimum Gasteiger partial charge on any atom is -0.423 e. The minimum atomic E-state index is -1.48. The van der Waals surface area contributed by atoms with E-state index in [1.165, 1.54) is 132 Å². The molecule has 2 N–H and O–H groups in total. The zero-order valence-corrected chi connectivity index (χ0v) is 72.6. The van der Waals surface area contributed by atoms with E-state index in [2.05, 4.69) is 425 Å². The summed E-state index contributed by atoms with van der Waals surface area (Å²) < 4.78 is 13.2. The van der Waals surface area contributed by atoms with Gasteiger partial charge in [0.2, 0.25) is 0 Å². The van der Waals surface area contributed by atoms with Gasteiger partial charge in [-0.2, -0.15) is 0 Å². The Labute approximate surface area is 758 Å². The molecule has 7 aromatic heterocycles. The lowest BCUT2D eigenvalue weighted by molar-refractivity contribution is 0.426. The van der Waals surface area contributed by atoms with Crippen LogP contribution in [0.3, 0.4) is 0 Å². The molecule has 0 fully saturated rings. The van der Waals surface area contributed by atoms with Crippen LogP contribution in [0.2, 0.25) is 0 Å². The standard InChI is InChI=1S/C43H29N3.C30H22BNO2.C30H20BrN.C13H9BrN2/c1-3-9-30(10-4-1)35-20-24-41-38(27-35)39-28-36(31-11-5-2-6-12-31)21-25-42(39)46(41)37-22-18-33(19-23-37)32-14-16-34(17-15-32)40-29-45-26-8-7-13-43(45)44-40;33-31(34)25-13-15-26(16-14-25)32-29-17-11-23(21-7-3-1-4-8-21)19-27(29)28-20-24(12-18-30(28)32)22-9-5-2-6-10-22;31-25-13-15-26(16-14-25)32-29-17-11-23(21-7-3-1-4-8-21)19-27(29)28-20-24(12-18-30(28)32)22-9-5-2-6-10-22;14-11-6-4-10(5-7-11)12-9-16-8-2-1-3-13(16)15-12/h1-29H;1-20,33-34H;1-20H;1-9H. The quantitative estimate of drug-likeness (QED) is 0.113. The van der Waals surface area contributed by atoms with Gasteiger partial charge in [0.1, 0.15) is 11.3 Å². The van der Waals surface area contributed by atoms with Gasteiger partial charge in [-0.25, -0.2) is 9.97 Å². The predicted molar refractivity (Wildman–Crippen MR) is 540 cm³/mol. The van der Waals surface area contributed by atoms with Crippen molar-refractivity contribution >= 4 is 121 Å². The molecule has 0 saturated carbocycles. The maximum Gasteiger partial charge on any atom is 0.488 e. The van der Waals surface area contributed by atoms with Gasteiger partial charge >= 0.3 is 7.12 Å². The van der Waals surface area contributed by atoms with Gasteiger partial charge in [0.05, 0.1) is 44.5 Å². The SMILES string of the molecule is Brc1ccc(-c2cn3ccccc3n2)cc1.Brc1ccc(-n2c3ccc(-c4ccccc4)cc3c3cc(-c4ccccc4)ccc32)cc1.OB(O)c1ccc(-n2c3ccc(-c4ccccc4)cc3c3cc(-c4ccccc4)ccc32)cc1.c1ccc(-c2ccc3c(c2)c2cc(-c4ccccc4)ccc2n3-c2ccc(-c3ccc(-c4cn5ccccc5n4)cc3)cc2)cc1. The first-order valence-corrected chi connectivity index (χ1v) is 44.3. The molecule has 0 atom stereocenters. The van der Waals surface area contributed by atoms with E-state index in [0.717, 1.165) is 70.9 Å². The van der Waals surface area contributed by atoms with E-state index in [4.69, 9.17) is 4.98 Å². The molecular formula is C116H80BBr2N7O2. The summed E-state index contributed by atoms with van der Waals surface area (Å²) in [5, 5.41) is 26.4. The molecule has 7 heterocycles. The molecule has 0 spiro atoms. The fourth-order valence-corrected chi connectivity index (χ4v) is 18.1. The minimum absolute atomic E-state index is 0.474. The van der Waals surface area contributed by atoms with E-state index >= 15 is 0 Å². The van der Waals surface area contributed by atoms with Crippen molar-refractivity contribution < 1.29 is 10.0 Å². The second-order valence-corrected chi connectivity index (χ2v) is 33.7. The molecule has 24 aromatic rings. The highest BCUT2D eigenvalue weighted by atomic mass is 79.9. The van der Waals surface area contributed by atoms with Crippen molar-refractivity contribution in [2.24, 2.45) is 0 Å². The van der Waals surface area contributed by atoms with Crippen LogP contribution in [0, 0.1) is 0 Å². The number of benzene rings is 17. The molecule has 0 aliphatic carbocycles. The third-order valence-corrected chi connectivity index (χ3v) is 25.0. The van der Waals surface area contributed by atoms with Gasteiger partial charge in [-0.15, -0.1) is 0 Å². The van der Waals surface area contributed by atoms with Crippen LogP contribution in [0.25, 0.3) is 194 Å². The number of halogens is 2. The van der Waals surface area contributed by atoms with Crippen molar-refractivity contribution in [1.82, 2.24) is 32.5 Å². The zero-order valence-electron chi connectivity index (χ0n) is 69.4. The van der Waals surface area contributed by atoms with Gasteiger partial charge in [0.15, 0.2) is 0 Å². The molecule has 0 bridgehead atoms. The normalized spacial score (nSPS) is 11.3. The van der Waals surface area contributed by atoms with Crippen LogP contribution in [-0.2, 0) is 0 Å². The predicted octanol–water partition coefficient (Wildman–Crippen LogP) is 29.5. The Morgan fingerprint density at radius 1 is 0.203 bits per heavy atom. The van der Waals surface area contributed by atoms with E-state index < -0.39 is 7.12 Å². The summed E-state index contributed by atoms with van der Waals surface area (Å²) in [5.41, 5.74) is 33.9. The first kappa shape index (κ1) is 79.6. The van der Waals surface area contributed by atoms with Crippen molar-refractivity contribution in [3.8, 4) is 117 Å². The Balaban J connectivity index is 0.000000109. The van der Waals surface area contributed by atoms with Crippen molar-refractivity contribution in [3.05, 3.63) is 483 Å². The third-order valence-electron chi connectivity index (χ3n) is 24.0. The van der Waals surface area contributed by atoms with Crippen LogP contribution >= 0.6 is 31.9 Å². The van der Waals surface area contributed by atoms with Crippen LogP contribution in [0.4, 0.5) is 0 Å². The summed E-state index contributed by atoms with van der Waals surface area (Å²) in [4.78, 5) is 9.34. The second-order valence-electron chi connectivity index (χ2n) is 31.9. The molecule has 608 valence electrons. The monoisotopic (exact) mass is 1770 g/mol. The average molecular weight is 1770 g/mol. The van der Waals surface area contributed by atoms with Gasteiger partial charge in [-0.05, 0) is 241 Å². The number of pyridine rings is 2. The largest absolute Gasteiger partial charge is 0.488 e. The lowest BCUT2D eigenvalue weighted by atomic mass is 9.80. The lowest BCUT2D eigenvalue weighted by Crippen LogP contribution is -2.29. The second kappa shape index (κ2) is 35.2. The molecule has 0 radical (unpaired) electrons. The zero-order chi connectivity index (χ0) is 86.0. The number of aromatic nitrogens is 7. The number of hydrogen-bond donors (Lipinski definition) is 2. The first-order valence-electron chi connectivity index (χ1n) is 42.7. The van der Waals surface area contributed by atoms with Crippen LogP contribution in [0.15, 0.2) is 483 Å². The summed E-state index contributed by atoms with van der Waals surface area (Å²) in [6, 6.07) is 158. The summed E-state index contributed by atoms with van der Waals surface area (Å²) in [7, 11) is -1.48. The molecule has 0 unspecified atom stereocenters. The average Bonchev–Trinajstić information content (AvgIpc) is 1.59. The van der Waals surface area contributed by atoms with Crippen LogP contribution in [0.1, 0.15) is 0 Å². The molecule has 17 aromatic carbocycles. The Morgan fingerprint density at radius 3 is 0.680 bits per heavy atom. The van der Waals surface area contributed by atoms with Crippen molar-refractivity contribution in [1.29, 1.82) is 0 Å². The van der Waals surface area contributed by atoms with Crippen LogP contribution in [0.5, 0.6) is 0 Å². The molecule has 128 heavy (non-hydrogen) atoms. The molecule has 9 nitrogen and oxygen atoms in total. The maximum atomic E-state index is 9.52. The Kier molecular flexibility index (Phi) is 21.9. The summed E-state index contributed by atoms with van der Waals surface area (Å²) in [6.07, 6.45) is 8.16. The number of imidazole rings is 2. The van der Waals surface area contributed by atoms with E-state index in [1.807, 2.05) is 95.8 Å². The number of fused-ring (bicyclic) bond motifs is 11. The van der Waals surface area contributed by atoms with E-state index in [0.29, 0.717) is 5.46 Å². The van der Waals surface area contributed by atoms with E-state index in [9.17, 15) is 10.0 Å². The molecular weight excluding hydrogens is 1690 g/mol. The number of rotatable bonds is 13. The first-order chi connectivity index (χ1) is 63.1. The van der Waals surface area contributed by atoms with Crippen LogP contribution < -0.4 is 5.46 Å². The summed E-state index contributed by atoms with van der Waals surface area (Å²) in [5.74, 6) is 0. The molecule has 12 heteroatoms. The van der Waals surface area contributed by atoms with Gasteiger partial charge in [-0.3, -0.25) is 0 Å². The number of hydrogen-bond acceptors (Lipinski definition) is 4. The third kappa shape index (κ3) is 16.1. The molecule has 0 aliphatic heterocycles. The lowest BCUT2D eigenvalue weighted by Gasteiger charge is -2.10. The van der Waals surface area contributed by atoms with E-state index in [-0.39, 0.29) is 0 Å². The van der Waals surface area contributed by atoms with Gasteiger partial charge < -0.3 is 32.6 Å². The fourth-order valence-electron chi connectivity index (χ4n) is 17.6. The molecule has 0 saturated heterocycles. The highest BCUT2D eigenvalue weighted by Gasteiger charge is 2.21. The van der Waals surface area contributed by atoms with Crippen molar-refractivity contribution in [2.45, 2.75) is 0 Å².